The monoisotopic (exact) mass is 243 g/mol. The van der Waals surface area contributed by atoms with E-state index in [1.165, 1.54) is 0 Å². The number of benzene rings is 1. The van der Waals surface area contributed by atoms with Gasteiger partial charge in [0.25, 0.3) is 0 Å². The van der Waals surface area contributed by atoms with Crippen LogP contribution in [0, 0.1) is 0 Å². The van der Waals surface area contributed by atoms with Gasteiger partial charge in [-0.3, -0.25) is 0 Å². The van der Waals surface area contributed by atoms with Crippen LogP contribution in [0.4, 0.5) is 0 Å². The third-order valence-electron chi connectivity index (χ3n) is 2.26. The first-order valence-corrected chi connectivity index (χ1v) is 4.81. The van der Waals surface area contributed by atoms with Crippen molar-refractivity contribution in [2.75, 3.05) is 14.2 Å². The van der Waals surface area contributed by atoms with E-state index in [0.29, 0.717) is 11.5 Å². The van der Waals surface area contributed by atoms with Crippen molar-refractivity contribution in [1.82, 2.24) is 0 Å². The van der Waals surface area contributed by atoms with E-state index >= 15 is 0 Å². The fraction of sp³-hybridized carbons (Fsp3) is 0.333. The molecule has 1 unspecified atom stereocenters. The first-order valence-electron chi connectivity index (χ1n) is 4.81. The lowest BCUT2D eigenvalue weighted by Crippen LogP contribution is -2.09. The summed E-state index contributed by atoms with van der Waals surface area (Å²) in [6, 6.07) is 5.65. The Morgan fingerprint density at radius 3 is 2.44 bits per heavy atom. The number of rotatable bonds is 5. The molecule has 0 saturated carbocycles. The van der Waals surface area contributed by atoms with Crippen molar-refractivity contribution in [1.29, 1.82) is 0 Å². The van der Waals surface area contributed by atoms with Gasteiger partial charge in [0.2, 0.25) is 0 Å². The van der Waals surface area contributed by atoms with Crippen molar-refractivity contribution in [3.63, 3.8) is 0 Å². The molecule has 0 heterocycles. The van der Waals surface area contributed by atoms with Gasteiger partial charge in [-0.2, -0.15) is 0 Å². The molecule has 1 aromatic rings. The number of hydrogen-bond acceptors (Lipinski definition) is 3. The Hall–Kier alpha value is -1.19. The highest BCUT2D eigenvalue weighted by molar-refractivity contribution is 5.85. The molecule has 0 radical (unpaired) electrons. The molecule has 0 saturated heterocycles. The second-order valence-electron chi connectivity index (χ2n) is 3.25. The van der Waals surface area contributed by atoms with Crippen LogP contribution < -0.4 is 15.2 Å². The van der Waals surface area contributed by atoms with Crippen LogP contribution in [0.3, 0.4) is 0 Å². The standard InChI is InChI=1S/C12H17NO2.ClH/c1-4-5-10(13)9-6-7-11(14-2)12(8-9)15-3;/h4,6-8,10H,1,5,13H2,2-3H3;1H. The minimum atomic E-state index is -0.0395. The van der Waals surface area contributed by atoms with Gasteiger partial charge in [0, 0.05) is 6.04 Å². The summed E-state index contributed by atoms with van der Waals surface area (Å²) >= 11 is 0. The summed E-state index contributed by atoms with van der Waals surface area (Å²) < 4.78 is 10.3. The maximum atomic E-state index is 5.95. The average molecular weight is 244 g/mol. The molecule has 16 heavy (non-hydrogen) atoms. The smallest absolute Gasteiger partial charge is 0.161 e. The van der Waals surface area contributed by atoms with Crippen LogP contribution in [0.25, 0.3) is 0 Å². The van der Waals surface area contributed by atoms with Crippen LogP contribution in [0.1, 0.15) is 18.0 Å². The lowest BCUT2D eigenvalue weighted by atomic mass is 10.0. The summed E-state index contributed by atoms with van der Waals surface area (Å²) in [4.78, 5) is 0. The van der Waals surface area contributed by atoms with Gasteiger partial charge in [-0.1, -0.05) is 12.1 Å². The highest BCUT2D eigenvalue weighted by atomic mass is 35.5. The molecule has 90 valence electrons. The minimum absolute atomic E-state index is 0. The van der Waals surface area contributed by atoms with E-state index in [4.69, 9.17) is 15.2 Å². The van der Waals surface area contributed by atoms with Crippen molar-refractivity contribution in [3.8, 4) is 11.5 Å². The molecule has 0 aliphatic heterocycles. The largest absolute Gasteiger partial charge is 0.493 e. The van der Waals surface area contributed by atoms with E-state index in [1.807, 2.05) is 18.2 Å². The lowest BCUT2D eigenvalue weighted by molar-refractivity contribution is 0.354. The van der Waals surface area contributed by atoms with Crippen molar-refractivity contribution in [2.24, 2.45) is 5.73 Å². The molecule has 1 aromatic carbocycles. The Morgan fingerprint density at radius 2 is 1.94 bits per heavy atom. The normalized spacial score (nSPS) is 11.2. The Balaban J connectivity index is 0.00000225. The Morgan fingerprint density at radius 1 is 1.31 bits per heavy atom. The lowest BCUT2D eigenvalue weighted by Gasteiger charge is -2.13. The van der Waals surface area contributed by atoms with E-state index in [9.17, 15) is 0 Å². The quantitative estimate of drug-likeness (QED) is 0.809. The van der Waals surface area contributed by atoms with Gasteiger partial charge in [0.15, 0.2) is 11.5 Å². The van der Waals surface area contributed by atoms with E-state index < -0.39 is 0 Å². The van der Waals surface area contributed by atoms with E-state index in [-0.39, 0.29) is 18.4 Å². The molecule has 4 heteroatoms. The number of methoxy groups -OCH3 is 2. The van der Waals surface area contributed by atoms with E-state index in [0.717, 1.165) is 12.0 Å². The van der Waals surface area contributed by atoms with Crippen LogP contribution in [0.5, 0.6) is 11.5 Å². The Labute approximate surface area is 103 Å². The molecule has 0 aliphatic carbocycles. The molecule has 0 aliphatic rings. The molecule has 0 aromatic heterocycles. The maximum Gasteiger partial charge on any atom is 0.161 e. The Bertz CT molecular complexity index is 342. The first-order chi connectivity index (χ1) is 7.22. The number of nitrogens with two attached hydrogens (primary N) is 1. The second-order valence-corrected chi connectivity index (χ2v) is 3.25. The zero-order chi connectivity index (χ0) is 11.3. The molecule has 0 amide bonds. The van der Waals surface area contributed by atoms with Crippen LogP contribution in [0.15, 0.2) is 30.9 Å². The van der Waals surface area contributed by atoms with Crippen LogP contribution in [-0.2, 0) is 0 Å². The van der Waals surface area contributed by atoms with Crippen LogP contribution in [-0.4, -0.2) is 14.2 Å². The molecule has 0 fully saturated rings. The maximum absolute atomic E-state index is 5.95. The highest BCUT2D eigenvalue weighted by Crippen LogP contribution is 2.30. The molecule has 1 rings (SSSR count). The third-order valence-corrected chi connectivity index (χ3v) is 2.26. The number of ether oxygens (including phenoxy) is 2. The van der Waals surface area contributed by atoms with Gasteiger partial charge >= 0.3 is 0 Å². The van der Waals surface area contributed by atoms with Crippen LogP contribution >= 0.6 is 12.4 Å². The fourth-order valence-electron chi connectivity index (χ4n) is 1.40. The molecular formula is C12H18ClNO2. The third kappa shape index (κ3) is 3.43. The van der Waals surface area contributed by atoms with Gasteiger partial charge in [-0.25, -0.2) is 0 Å². The van der Waals surface area contributed by atoms with E-state index in [1.54, 1.807) is 20.3 Å². The second kappa shape index (κ2) is 7.14. The topological polar surface area (TPSA) is 44.5 Å². The first kappa shape index (κ1) is 14.8. The molecule has 0 spiro atoms. The van der Waals surface area contributed by atoms with Crippen molar-refractivity contribution in [3.05, 3.63) is 36.4 Å². The summed E-state index contributed by atoms with van der Waals surface area (Å²) in [7, 11) is 3.22. The number of halogens is 1. The fourth-order valence-corrected chi connectivity index (χ4v) is 1.40. The van der Waals surface area contributed by atoms with Gasteiger partial charge in [-0.05, 0) is 24.1 Å². The van der Waals surface area contributed by atoms with Crippen molar-refractivity contribution in [2.45, 2.75) is 12.5 Å². The van der Waals surface area contributed by atoms with Crippen molar-refractivity contribution < 1.29 is 9.47 Å². The SMILES string of the molecule is C=CCC(N)c1ccc(OC)c(OC)c1.Cl. The van der Waals surface area contributed by atoms with Gasteiger partial charge in [0.1, 0.15) is 0 Å². The summed E-state index contributed by atoms with van der Waals surface area (Å²) in [6.45, 7) is 3.67. The molecular weight excluding hydrogens is 226 g/mol. The summed E-state index contributed by atoms with van der Waals surface area (Å²) in [5, 5.41) is 0. The van der Waals surface area contributed by atoms with Gasteiger partial charge in [0.05, 0.1) is 14.2 Å². The average Bonchev–Trinajstić information content (AvgIpc) is 2.28. The molecule has 1 atom stereocenters. The minimum Gasteiger partial charge on any atom is -0.493 e. The highest BCUT2D eigenvalue weighted by Gasteiger charge is 2.08. The van der Waals surface area contributed by atoms with Gasteiger partial charge < -0.3 is 15.2 Å². The summed E-state index contributed by atoms with van der Waals surface area (Å²) in [5.41, 5.74) is 6.97. The van der Waals surface area contributed by atoms with Crippen molar-refractivity contribution >= 4 is 12.4 Å². The zero-order valence-corrected chi connectivity index (χ0v) is 10.4. The zero-order valence-electron chi connectivity index (χ0n) is 9.60. The Kier molecular flexibility index (Phi) is 6.61. The molecule has 2 N–H and O–H groups in total. The summed E-state index contributed by atoms with van der Waals surface area (Å²) in [5.74, 6) is 1.42. The molecule has 3 nitrogen and oxygen atoms in total. The summed E-state index contributed by atoms with van der Waals surface area (Å²) in [6.07, 6.45) is 2.55. The predicted molar refractivity (Wildman–Crippen MR) is 68.5 cm³/mol. The predicted octanol–water partition coefficient (Wildman–Crippen LogP) is 2.70. The van der Waals surface area contributed by atoms with Crippen LogP contribution in [0.2, 0.25) is 0 Å². The molecule has 0 bridgehead atoms. The van der Waals surface area contributed by atoms with Gasteiger partial charge in [-0.15, -0.1) is 19.0 Å². The van der Waals surface area contributed by atoms with E-state index in [2.05, 4.69) is 6.58 Å². The number of hydrogen-bond donors (Lipinski definition) is 1.